The molecule has 0 fully saturated rings. The van der Waals surface area contributed by atoms with Gasteiger partial charge in [0.2, 0.25) is 0 Å². The molecule has 0 saturated carbocycles. The standard InChI is InChI=1S/C57H40N4/c58-38-51(41-19-7-2-8-20-41)56-50-30-14-13-29-49(50)54(55(61-56)44-23-11-4-12-24-44)43-33-31-40(32-34-43)46-26-16-28-48(36-46)57-59-52(42-21-9-3-10-22-42)37-53(60-57)47-27-15-25-45(35-47)39-17-5-1-6-18-39/h1-38,58,61H/b56-51+,58-38?. The van der Waals surface area contributed by atoms with Crippen LogP contribution in [0.15, 0.2) is 224 Å². The molecule has 0 amide bonds. The van der Waals surface area contributed by atoms with Gasteiger partial charge in [0.1, 0.15) is 0 Å². The zero-order chi connectivity index (χ0) is 41.0. The minimum atomic E-state index is 0.672. The molecule has 1 aliphatic rings. The number of fused-ring (bicyclic) bond motifs is 1. The topological polar surface area (TPSA) is 61.7 Å². The maximum Gasteiger partial charge on any atom is 0.160 e. The molecule has 0 bridgehead atoms. The second kappa shape index (κ2) is 16.6. The summed E-state index contributed by atoms with van der Waals surface area (Å²) in [6, 6.07) is 77.9. The zero-order valence-electron chi connectivity index (χ0n) is 33.3. The van der Waals surface area contributed by atoms with Crippen molar-refractivity contribution in [2.24, 2.45) is 0 Å². The Bertz CT molecular complexity index is 3080. The van der Waals surface area contributed by atoms with Crippen molar-refractivity contribution in [1.29, 1.82) is 5.41 Å². The van der Waals surface area contributed by atoms with E-state index >= 15 is 0 Å². The van der Waals surface area contributed by atoms with Crippen molar-refractivity contribution in [3.05, 3.63) is 252 Å². The van der Waals surface area contributed by atoms with Crippen LogP contribution in [-0.2, 0) is 0 Å². The molecule has 4 nitrogen and oxygen atoms in total. The summed E-state index contributed by atoms with van der Waals surface area (Å²) in [5.74, 6) is 0.672. The van der Waals surface area contributed by atoms with Crippen LogP contribution in [-0.4, -0.2) is 16.2 Å². The summed E-state index contributed by atoms with van der Waals surface area (Å²) in [6.45, 7) is 0. The number of nitrogens with one attached hydrogen (secondary N) is 2. The molecule has 1 aromatic heterocycles. The maximum absolute atomic E-state index is 8.53. The van der Waals surface area contributed by atoms with Crippen LogP contribution in [0.5, 0.6) is 0 Å². The van der Waals surface area contributed by atoms with E-state index in [1.807, 2.05) is 48.5 Å². The first kappa shape index (κ1) is 37.1. The van der Waals surface area contributed by atoms with Gasteiger partial charge >= 0.3 is 0 Å². The van der Waals surface area contributed by atoms with Crippen molar-refractivity contribution < 1.29 is 0 Å². The molecule has 4 heteroatoms. The van der Waals surface area contributed by atoms with Gasteiger partial charge in [0.05, 0.1) is 22.8 Å². The quantitative estimate of drug-likeness (QED) is 0.143. The Hall–Kier alpha value is -8.21. The lowest BCUT2D eigenvalue weighted by molar-refractivity contribution is 1.18. The predicted octanol–water partition coefficient (Wildman–Crippen LogP) is 13.8. The second-order valence-electron chi connectivity index (χ2n) is 15.0. The summed E-state index contributed by atoms with van der Waals surface area (Å²) >= 11 is 0. The molecule has 0 unspecified atom stereocenters. The first-order valence-electron chi connectivity index (χ1n) is 20.5. The Balaban J connectivity index is 1.05. The van der Waals surface area contributed by atoms with Gasteiger partial charge < -0.3 is 10.7 Å². The molecule has 1 aliphatic heterocycles. The van der Waals surface area contributed by atoms with E-state index in [2.05, 4.69) is 181 Å². The van der Waals surface area contributed by atoms with Gasteiger partial charge in [-0.1, -0.05) is 206 Å². The van der Waals surface area contributed by atoms with E-state index in [0.717, 1.165) is 95.1 Å². The SMILES string of the molecule is N=C/C(=C1\NC(c2ccccc2)=C(c2ccc(-c3cccc(-c4nc(-c5ccccc5)cc(-c5cccc(-c6ccccc6)c5)n4)c3)cc2)c2ccccc21)c1ccccc1. The predicted molar refractivity (Wildman–Crippen MR) is 253 cm³/mol. The molecule has 61 heavy (non-hydrogen) atoms. The van der Waals surface area contributed by atoms with Crippen molar-refractivity contribution >= 4 is 28.8 Å². The lowest BCUT2D eigenvalue weighted by atomic mass is 9.84. The Morgan fingerprint density at radius 3 is 1.48 bits per heavy atom. The van der Waals surface area contributed by atoms with Crippen LogP contribution < -0.4 is 5.32 Å². The molecular formula is C57H40N4. The third-order valence-corrected chi connectivity index (χ3v) is 11.2. The summed E-state index contributed by atoms with van der Waals surface area (Å²) < 4.78 is 0. The number of hydrogen-bond donors (Lipinski definition) is 2. The van der Waals surface area contributed by atoms with Gasteiger partial charge in [-0.05, 0) is 62.7 Å². The number of allylic oxidation sites excluding steroid dienone is 1. The van der Waals surface area contributed by atoms with Crippen molar-refractivity contribution in [2.75, 3.05) is 0 Å². The number of rotatable bonds is 9. The minimum Gasteiger partial charge on any atom is -0.353 e. The van der Waals surface area contributed by atoms with Crippen molar-refractivity contribution in [1.82, 2.24) is 15.3 Å². The van der Waals surface area contributed by atoms with E-state index in [-0.39, 0.29) is 0 Å². The summed E-state index contributed by atoms with van der Waals surface area (Å²) in [6.07, 6.45) is 1.46. The first-order valence-corrected chi connectivity index (χ1v) is 20.5. The van der Waals surface area contributed by atoms with Crippen molar-refractivity contribution in [3.8, 4) is 56.2 Å². The highest BCUT2D eigenvalue weighted by Crippen LogP contribution is 2.42. The number of hydrogen-bond acceptors (Lipinski definition) is 4. The Labute approximate surface area is 356 Å². The third-order valence-electron chi connectivity index (χ3n) is 11.2. The summed E-state index contributed by atoms with van der Waals surface area (Å²) in [4.78, 5) is 10.4. The average Bonchev–Trinajstić information content (AvgIpc) is 3.35. The molecule has 0 aliphatic carbocycles. The van der Waals surface area contributed by atoms with Crippen LogP contribution in [0.3, 0.4) is 0 Å². The normalized spacial score (nSPS) is 12.9. The molecule has 0 atom stereocenters. The van der Waals surface area contributed by atoms with Gasteiger partial charge in [0.25, 0.3) is 0 Å². The second-order valence-corrected chi connectivity index (χ2v) is 15.0. The fourth-order valence-electron chi connectivity index (χ4n) is 8.20. The molecular weight excluding hydrogens is 741 g/mol. The zero-order valence-corrected chi connectivity index (χ0v) is 33.3. The highest BCUT2D eigenvalue weighted by molar-refractivity contribution is 6.21. The number of aromatic nitrogens is 2. The molecule has 2 N–H and O–H groups in total. The van der Waals surface area contributed by atoms with E-state index in [0.29, 0.717) is 5.82 Å². The molecule has 8 aromatic carbocycles. The first-order chi connectivity index (χ1) is 30.2. The molecule has 9 aromatic rings. The number of benzene rings is 8. The Kier molecular flexibility index (Phi) is 10.1. The van der Waals surface area contributed by atoms with Gasteiger partial charge in [0.15, 0.2) is 5.82 Å². The maximum atomic E-state index is 8.53. The fourth-order valence-corrected chi connectivity index (χ4v) is 8.20. The van der Waals surface area contributed by atoms with E-state index < -0.39 is 0 Å². The van der Waals surface area contributed by atoms with Crippen LogP contribution in [0, 0.1) is 5.41 Å². The van der Waals surface area contributed by atoms with Crippen LogP contribution >= 0.6 is 0 Å². The van der Waals surface area contributed by atoms with Crippen molar-refractivity contribution in [3.63, 3.8) is 0 Å². The third kappa shape index (κ3) is 7.51. The largest absolute Gasteiger partial charge is 0.353 e. The molecule has 0 spiro atoms. The van der Waals surface area contributed by atoms with E-state index in [4.69, 9.17) is 15.4 Å². The minimum absolute atomic E-state index is 0.672. The fraction of sp³-hybridized carbons (Fsp3) is 0. The van der Waals surface area contributed by atoms with E-state index in [9.17, 15) is 0 Å². The molecule has 10 rings (SSSR count). The molecule has 0 radical (unpaired) electrons. The van der Waals surface area contributed by atoms with Crippen molar-refractivity contribution in [2.45, 2.75) is 0 Å². The highest BCUT2D eigenvalue weighted by atomic mass is 14.9. The van der Waals surface area contributed by atoms with Gasteiger partial charge in [-0.2, -0.15) is 0 Å². The molecule has 0 saturated heterocycles. The van der Waals surface area contributed by atoms with E-state index in [1.165, 1.54) is 11.8 Å². The van der Waals surface area contributed by atoms with Gasteiger partial charge in [0, 0.05) is 39.6 Å². The summed E-state index contributed by atoms with van der Waals surface area (Å²) in [7, 11) is 0. The molecule has 288 valence electrons. The van der Waals surface area contributed by atoms with Gasteiger partial charge in [-0.25, -0.2) is 9.97 Å². The smallest absolute Gasteiger partial charge is 0.160 e. The Morgan fingerprint density at radius 1 is 0.377 bits per heavy atom. The van der Waals surface area contributed by atoms with Crippen LogP contribution in [0.25, 0.3) is 78.7 Å². The van der Waals surface area contributed by atoms with Crippen LogP contribution in [0.2, 0.25) is 0 Å². The lowest BCUT2D eigenvalue weighted by Crippen LogP contribution is -2.21. The average molecular weight is 781 g/mol. The van der Waals surface area contributed by atoms with Crippen LogP contribution in [0.1, 0.15) is 27.8 Å². The van der Waals surface area contributed by atoms with Gasteiger partial charge in [-0.15, -0.1) is 0 Å². The summed E-state index contributed by atoms with van der Waals surface area (Å²) in [5, 5.41) is 12.4. The number of nitrogens with zero attached hydrogens (tertiary/aromatic N) is 2. The lowest BCUT2D eigenvalue weighted by Gasteiger charge is -2.29. The monoisotopic (exact) mass is 780 g/mol. The Morgan fingerprint density at radius 2 is 0.836 bits per heavy atom. The molecule has 2 heterocycles. The summed E-state index contributed by atoms with van der Waals surface area (Å²) in [5.41, 5.74) is 18.4. The van der Waals surface area contributed by atoms with E-state index in [1.54, 1.807) is 0 Å². The highest BCUT2D eigenvalue weighted by Gasteiger charge is 2.26. The van der Waals surface area contributed by atoms with Gasteiger partial charge in [-0.3, -0.25) is 0 Å². The van der Waals surface area contributed by atoms with Crippen LogP contribution in [0.4, 0.5) is 0 Å².